The average molecular weight is 447 g/mol. The molecule has 0 bridgehead atoms. The van der Waals surface area contributed by atoms with Gasteiger partial charge in [-0.3, -0.25) is 9.69 Å². The Labute approximate surface area is 184 Å². The Balaban J connectivity index is 1.60. The van der Waals surface area contributed by atoms with E-state index in [1.165, 1.54) is 18.4 Å². The molecule has 1 saturated heterocycles. The van der Waals surface area contributed by atoms with Crippen LogP contribution in [0.3, 0.4) is 0 Å². The molecule has 1 aliphatic rings. The number of pyridine rings is 1. The Morgan fingerprint density at radius 3 is 2.32 bits per heavy atom. The molecule has 1 aromatic carbocycles. The van der Waals surface area contributed by atoms with Crippen molar-refractivity contribution in [2.75, 3.05) is 45.2 Å². The lowest BCUT2D eigenvalue weighted by Gasteiger charge is -2.35. The molecule has 1 aromatic heterocycles. The van der Waals surface area contributed by atoms with Crippen molar-refractivity contribution in [3.63, 3.8) is 0 Å². The number of aromatic nitrogens is 1. The SMILES string of the molecule is CC(C)C(=O)Oc1cccnc1N1CCN(Cc2ccc(S(=O)(=O)N(C)C)cc2)CC1. The summed E-state index contributed by atoms with van der Waals surface area (Å²) in [4.78, 5) is 21.2. The van der Waals surface area contributed by atoms with E-state index in [-0.39, 0.29) is 11.9 Å². The van der Waals surface area contributed by atoms with Gasteiger partial charge in [0.05, 0.1) is 10.8 Å². The van der Waals surface area contributed by atoms with Crippen molar-refractivity contribution in [2.24, 2.45) is 5.92 Å². The molecule has 31 heavy (non-hydrogen) atoms. The van der Waals surface area contributed by atoms with Crippen LogP contribution < -0.4 is 9.64 Å². The molecule has 0 N–H and O–H groups in total. The predicted molar refractivity (Wildman–Crippen MR) is 120 cm³/mol. The van der Waals surface area contributed by atoms with E-state index >= 15 is 0 Å². The third-order valence-electron chi connectivity index (χ3n) is 5.21. The summed E-state index contributed by atoms with van der Waals surface area (Å²) < 4.78 is 31.2. The zero-order valence-electron chi connectivity index (χ0n) is 18.5. The van der Waals surface area contributed by atoms with Crippen molar-refractivity contribution >= 4 is 21.8 Å². The van der Waals surface area contributed by atoms with Gasteiger partial charge in [-0.25, -0.2) is 17.7 Å². The summed E-state index contributed by atoms with van der Waals surface area (Å²) >= 11 is 0. The van der Waals surface area contributed by atoms with Gasteiger partial charge in [0.15, 0.2) is 11.6 Å². The van der Waals surface area contributed by atoms with E-state index in [0.717, 1.165) is 38.3 Å². The van der Waals surface area contributed by atoms with E-state index in [1.54, 1.807) is 44.3 Å². The van der Waals surface area contributed by atoms with Gasteiger partial charge in [0.25, 0.3) is 0 Å². The molecule has 0 unspecified atom stereocenters. The lowest BCUT2D eigenvalue weighted by molar-refractivity contribution is -0.137. The zero-order valence-corrected chi connectivity index (χ0v) is 19.3. The Morgan fingerprint density at radius 2 is 1.74 bits per heavy atom. The van der Waals surface area contributed by atoms with Crippen molar-refractivity contribution in [3.05, 3.63) is 48.2 Å². The molecule has 0 saturated carbocycles. The summed E-state index contributed by atoms with van der Waals surface area (Å²) in [5, 5.41) is 0. The maximum Gasteiger partial charge on any atom is 0.313 e. The average Bonchev–Trinajstić information content (AvgIpc) is 2.75. The largest absolute Gasteiger partial charge is 0.422 e. The molecule has 3 rings (SSSR count). The van der Waals surface area contributed by atoms with Crippen LogP contribution in [0, 0.1) is 5.92 Å². The zero-order chi connectivity index (χ0) is 22.6. The fourth-order valence-corrected chi connectivity index (χ4v) is 4.18. The lowest BCUT2D eigenvalue weighted by atomic mass is 10.2. The molecule has 8 nitrogen and oxygen atoms in total. The Hall–Kier alpha value is -2.49. The summed E-state index contributed by atoms with van der Waals surface area (Å²) in [5.41, 5.74) is 1.07. The van der Waals surface area contributed by atoms with E-state index < -0.39 is 10.0 Å². The maximum absolute atomic E-state index is 12.2. The van der Waals surface area contributed by atoms with Crippen LogP contribution in [0.25, 0.3) is 0 Å². The molecule has 0 spiro atoms. The van der Waals surface area contributed by atoms with Gasteiger partial charge in [0.2, 0.25) is 10.0 Å². The maximum atomic E-state index is 12.2. The second kappa shape index (κ2) is 9.76. The molecular formula is C22H30N4O4S. The Kier molecular flexibility index (Phi) is 7.30. The molecule has 0 aliphatic carbocycles. The normalized spacial score (nSPS) is 15.5. The molecule has 0 amide bonds. The number of hydrogen-bond donors (Lipinski definition) is 0. The number of nitrogens with zero attached hydrogens (tertiary/aromatic N) is 4. The minimum Gasteiger partial charge on any atom is -0.422 e. The topological polar surface area (TPSA) is 83.0 Å². The molecule has 168 valence electrons. The van der Waals surface area contributed by atoms with E-state index in [4.69, 9.17) is 4.74 Å². The minimum absolute atomic E-state index is 0.205. The van der Waals surface area contributed by atoms with Gasteiger partial charge in [0.1, 0.15) is 0 Å². The summed E-state index contributed by atoms with van der Waals surface area (Å²) in [6.07, 6.45) is 1.71. The van der Waals surface area contributed by atoms with Gasteiger partial charge in [-0.1, -0.05) is 26.0 Å². The standard InChI is InChI=1S/C22H30N4O4S/c1-17(2)22(27)30-20-6-5-11-23-21(20)26-14-12-25(13-15-26)16-18-7-9-19(10-8-18)31(28,29)24(3)4/h5-11,17H,12-16H2,1-4H3. The van der Waals surface area contributed by atoms with Crippen LogP contribution in [0.1, 0.15) is 19.4 Å². The van der Waals surface area contributed by atoms with Gasteiger partial charge in [-0.2, -0.15) is 0 Å². The number of esters is 1. The number of sulfonamides is 1. The number of anilines is 1. The predicted octanol–water partition coefficient (Wildman–Crippen LogP) is 2.22. The van der Waals surface area contributed by atoms with Gasteiger partial charge in [0, 0.05) is 53.0 Å². The van der Waals surface area contributed by atoms with Crippen LogP contribution in [0.15, 0.2) is 47.5 Å². The number of carbonyl (C=O) groups is 1. The van der Waals surface area contributed by atoms with Crippen molar-refractivity contribution in [2.45, 2.75) is 25.3 Å². The molecule has 2 aromatic rings. The molecule has 2 heterocycles. The van der Waals surface area contributed by atoms with Crippen LogP contribution in [0.5, 0.6) is 5.75 Å². The molecular weight excluding hydrogens is 416 g/mol. The third kappa shape index (κ3) is 5.61. The number of hydrogen-bond acceptors (Lipinski definition) is 7. The van der Waals surface area contributed by atoms with Crippen LogP contribution in [0.4, 0.5) is 5.82 Å². The van der Waals surface area contributed by atoms with Crippen molar-refractivity contribution < 1.29 is 17.9 Å². The fraction of sp³-hybridized carbons (Fsp3) is 0.455. The monoisotopic (exact) mass is 446 g/mol. The summed E-state index contributed by atoms with van der Waals surface area (Å²) in [7, 11) is -0.358. The summed E-state index contributed by atoms with van der Waals surface area (Å²) in [6, 6.07) is 10.6. The van der Waals surface area contributed by atoms with Gasteiger partial charge < -0.3 is 9.64 Å². The number of carbonyl (C=O) groups excluding carboxylic acids is 1. The quantitative estimate of drug-likeness (QED) is 0.603. The van der Waals surface area contributed by atoms with Crippen molar-refractivity contribution in [1.29, 1.82) is 0 Å². The van der Waals surface area contributed by atoms with Gasteiger partial charge in [-0.05, 0) is 29.8 Å². The smallest absolute Gasteiger partial charge is 0.313 e. The third-order valence-corrected chi connectivity index (χ3v) is 7.04. The summed E-state index contributed by atoms with van der Waals surface area (Å²) in [6.45, 7) is 7.53. The van der Waals surface area contributed by atoms with Crippen molar-refractivity contribution in [3.8, 4) is 5.75 Å². The molecule has 0 radical (unpaired) electrons. The highest BCUT2D eigenvalue weighted by molar-refractivity contribution is 7.89. The van der Waals surface area contributed by atoms with Gasteiger partial charge >= 0.3 is 5.97 Å². The van der Waals surface area contributed by atoms with E-state index in [0.29, 0.717) is 16.5 Å². The number of rotatable bonds is 7. The Bertz CT molecular complexity index is 998. The first-order chi connectivity index (χ1) is 14.7. The first kappa shape index (κ1) is 23.2. The highest BCUT2D eigenvalue weighted by Gasteiger charge is 2.23. The fourth-order valence-electron chi connectivity index (χ4n) is 3.28. The van der Waals surface area contributed by atoms with E-state index in [1.807, 2.05) is 12.1 Å². The number of ether oxygens (including phenoxy) is 1. The number of benzene rings is 1. The summed E-state index contributed by atoms with van der Waals surface area (Å²) in [5.74, 6) is 0.707. The van der Waals surface area contributed by atoms with Crippen molar-refractivity contribution in [1.82, 2.24) is 14.2 Å². The van der Waals surface area contributed by atoms with Crippen LogP contribution >= 0.6 is 0 Å². The molecule has 1 fully saturated rings. The highest BCUT2D eigenvalue weighted by atomic mass is 32.2. The number of piperazine rings is 1. The van der Waals surface area contributed by atoms with E-state index in [9.17, 15) is 13.2 Å². The Morgan fingerprint density at radius 1 is 1.10 bits per heavy atom. The minimum atomic E-state index is -3.41. The van der Waals surface area contributed by atoms with Gasteiger partial charge in [-0.15, -0.1) is 0 Å². The first-order valence-corrected chi connectivity index (χ1v) is 11.8. The van der Waals surface area contributed by atoms with Crippen LogP contribution in [0.2, 0.25) is 0 Å². The first-order valence-electron chi connectivity index (χ1n) is 10.3. The van der Waals surface area contributed by atoms with E-state index in [2.05, 4.69) is 14.8 Å². The molecule has 9 heteroatoms. The molecule has 0 atom stereocenters. The second-order valence-electron chi connectivity index (χ2n) is 8.10. The van der Waals surface area contributed by atoms with Crippen LogP contribution in [-0.2, 0) is 21.4 Å². The molecule has 1 aliphatic heterocycles. The lowest BCUT2D eigenvalue weighted by Crippen LogP contribution is -2.46. The van der Waals surface area contributed by atoms with Crippen LogP contribution in [-0.4, -0.2) is 68.9 Å². The highest BCUT2D eigenvalue weighted by Crippen LogP contribution is 2.27. The second-order valence-corrected chi connectivity index (χ2v) is 10.2.